The van der Waals surface area contributed by atoms with Crippen LogP contribution in [0.15, 0.2) is 48.5 Å². The van der Waals surface area contributed by atoms with Gasteiger partial charge in [0.25, 0.3) is 0 Å². The number of benzene rings is 2. The van der Waals surface area contributed by atoms with Crippen LogP contribution in [-0.2, 0) is 9.59 Å². The van der Waals surface area contributed by atoms with E-state index >= 15 is 0 Å². The predicted octanol–water partition coefficient (Wildman–Crippen LogP) is 4.42. The summed E-state index contributed by atoms with van der Waals surface area (Å²) in [5.41, 5.74) is 1.11. The van der Waals surface area contributed by atoms with Gasteiger partial charge in [0.05, 0.1) is 12.3 Å². The second-order valence-electron chi connectivity index (χ2n) is 5.12. The van der Waals surface area contributed by atoms with Crippen molar-refractivity contribution in [3.63, 3.8) is 0 Å². The molecule has 2 unspecified atom stereocenters. The highest BCUT2D eigenvalue weighted by Crippen LogP contribution is 2.37. The summed E-state index contributed by atoms with van der Waals surface area (Å²) in [5.74, 6) is -3.87. The van der Waals surface area contributed by atoms with Gasteiger partial charge >= 0.3 is 11.9 Å². The molecule has 4 nitrogen and oxygen atoms in total. The van der Waals surface area contributed by atoms with E-state index in [-0.39, 0.29) is 6.42 Å². The molecule has 0 aromatic heterocycles. The molecular formula is C17H14Cl2O4. The maximum atomic E-state index is 11.8. The van der Waals surface area contributed by atoms with Crippen LogP contribution in [0, 0.1) is 0 Å². The first-order chi connectivity index (χ1) is 10.9. The van der Waals surface area contributed by atoms with Crippen LogP contribution in [0.3, 0.4) is 0 Å². The number of hydrogen-bond acceptors (Lipinski definition) is 2. The number of carboxylic acids is 2. The molecule has 0 bridgehead atoms. The number of carbonyl (C=O) groups is 2. The lowest BCUT2D eigenvalue weighted by Crippen LogP contribution is -2.22. The van der Waals surface area contributed by atoms with E-state index in [0.717, 1.165) is 0 Å². The minimum atomic E-state index is -1.09. The molecule has 0 aliphatic rings. The van der Waals surface area contributed by atoms with E-state index < -0.39 is 23.8 Å². The molecule has 0 saturated carbocycles. The smallest absolute Gasteiger partial charge is 0.311 e. The highest BCUT2D eigenvalue weighted by Gasteiger charge is 2.32. The first-order valence-corrected chi connectivity index (χ1v) is 7.59. The van der Waals surface area contributed by atoms with E-state index in [2.05, 4.69) is 0 Å². The van der Waals surface area contributed by atoms with Gasteiger partial charge in [-0.25, -0.2) is 0 Å². The standard InChI is InChI=1S/C17H14Cl2O4/c18-12-5-1-10(2-6-12)14(9-15(20)21)16(17(22)23)11-3-7-13(19)8-4-11/h1-8,14,16H,9H2,(H,20,21)(H,22,23). The predicted molar refractivity (Wildman–Crippen MR) is 88.3 cm³/mol. The first-order valence-electron chi connectivity index (χ1n) is 6.84. The van der Waals surface area contributed by atoms with E-state index in [9.17, 15) is 19.8 Å². The van der Waals surface area contributed by atoms with Gasteiger partial charge in [-0.3, -0.25) is 9.59 Å². The van der Waals surface area contributed by atoms with Gasteiger partial charge in [-0.15, -0.1) is 0 Å². The molecule has 2 aromatic rings. The Morgan fingerprint density at radius 3 is 1.65 bits per heavy atom. The number of rotatable bonds is 6. The van der Waals surface area contributed by atoms with Crippen molar-refractivity contribution >= 4 is 35.1 Å². The van der Waals surface area contributed by atoms with Crippen molar-refractivity contribution < 1.29 is 19.8 Å². The van der Waals surface area contributed by atoms with Crippen LogP contribution in [0.1, 0.15) is 29.4 Å². The first kappa shape index (κ1) is 17.3. The zero-order valence-electron chi connectivity index (χ0n) is 11.9. The molecule has 0 aliphatic carbocycles. The third-order valence-corrected chi connectivity index (χ3v) is 4.09. The molecule has 0 fully saturated rings. The molecule has 0 radical (unpaired) electrons. The highest BCUT2D eigenvalue weighted by molar-refractivity contribution is 6.30. The lowest BCUT2D eigenvalue weighted by molar-refractivity contribution is -0.140. The molecule has 0 heterocycles. The third kappa shape index (κ3) is 4.47. The van der Waals surface area contributed by atoms with Crippen LogP contribution < -0.4 is 0 Å². The fourth-order valence-corrected chi connectivity index (χ4v) is 2.80. The molecule has 0 amide bonds. The maximum absolute atomic E-state index is 11.8. The molecular weight excluding hydrogens is 339 g/mol. The maximum Gasteiger partial charge on any atom is 0.311 e. The largest absolute Gasteiger partial charge is 0.481 e. The molecule has 2 atom stereocenters. The van der Waals surface area contributed by atoms with Gasteiger partial charge < -0.3 is 10.2 Å². The average Bonchev–Trinajstić information content (AvgIpc) is 2.48. The van der Waals surface area contributed by atoms with Crippen LogP contribution >= 0.6 is 23.2 Å². The normalized spacial score (nSPS) is 13.3. The van der Waals surface area contributed by atoms with Gasteiger partial charge in [-0.2, -0.15) is 0 Å². The molecule has 120 valence electrons. The topological polar surface area (TPSA) is 74.6 Å². The fraction of sp³-hybridized carbons (Fsp3) is 0.176. The van der Waals surface area contributed by atoms with Gasteiger partial charge in [0.1, 0.15) is 0 Å². The van der Waals surface area contributed by atoms with Gasteiger partial charge in [-0.1, -0.05) is 47.5 Å². The quantitative estimate of drug-likeness (QED) is 0.806. The molecule has 0 aliphatic heterocycles. The van der Waals surface area contributed by atoms with Crippen molar-refractivity contribution in [2.24, 2.45) is 0 Å². The summed E-state index contributed by atoms with van der Waals surface area (Å²) in [6.45, 7) is 0. The van der Waals surface area contributed by atoms with E-state index in [0.29, 0.717) is 21.2 Å². The zero-order valence-corrected chi connectivity index (χ0v) is 13.5. The van der Waals surface area contributed by atoms with Crippen LogP contribution in [0.25, 0.3) is 0 Å². The van der Waals surface area contributed by atoms with E-state index in [1.165, 1.54) is 0 Å². The monoisotopic (exact) mass is 352 g/mol. The third-order valence-electron chi connectivity index (χ3n) is 3.59. The summed E-state index contributed by atoms with van der Waals surface area (Å²) in [4.78, 5) is 23.0. The average molecular weight is 353 g/mol. The molecule has 2 aromatic carbocycles. The van der Waals surface area contributed by atoms with Crippen molar-refractivity contribution in [3.8, 4) is 0 Å². The Bertz CT molecular complexity index is 696. The second-order valence-corrected chi connectivity index (χ2v) is 6.00. The zero-order chi connectivity index (χ0) is 17.0. The summed E-state index contributed by atoms with van der Waals surface area (Å²) in [6, 6.07) is 12.9. The van der Waals surface area contributed by atoms with E-state index in [1.54, 1.807) is 48.5 Å². The lowest BCUT2D eigenvalue weighted by atomic mass is 9.79. The summed E-state index contributed by atoms with van der Waals surface area (Å²) in [5, 5.41) is 19.8. The Balaban J connectivity index is 2.48. The Hall–Kier alpha value is -2.04. The minimum Gasteiger partial charge on any atom is -0.481 e. The number of halogens is 2. The number of carboxylic acid groups (broad SMARTS) is 2. The van der Waals surface area contributed by atoms with Crippen molar-refractivity contribution in [2.75, 3.05) is 0 Å². The highest BCUT2D eigenvalue weighted by atomic mass is 35.5. The second kappa shape index (κ2) is 7.49. The Morgan fingerprint density at radius 2 is 1.26 bits per heavy atom. The minimum absolute atomic E-state index is 0.304. The molecule has 6 heteroatoms. The lowest BCUT2D eigenvalue weighted by Gasteiger charge is -2.23. The number of hydrogen-bond donors (Lipinski definition) is 2. The molecule has 2 rings (SSSR count). The molecule has 0 spiro atoms. The molecule has 23 heavy (non-hydrogen) atoms. The fourth-order valence-electron chi connectivity index (χ4n) is 2.54. The van der Waals surface area contributed by atoms with Gasteiger partial charge in [0.2, 0.25) is 0 Å². The van der Waals surface area contributed by atoms with Crippen LogP contribution in [-0.4, -0.2) is 22.2 Å². The molecule has 2 N–H and O–H groups in total. The van der Waals surface area contributed by atoms with Crippen LogP contribution in [0.4, 0.5) is 0 Å². The summed E-state index contributed by atoms with van der Waals surface area (Å²) in [7, 11) is 0. The van der Waals surface area contributed by atoms with Crippen molar-refractivity contribution in [3.05, 3.63) is 69.7 Å². The van der Waals surface area contributed by atoms with Gasteiger partial charge in [-0.05, 0) is 35.4 Å². The van der Waals surface area contributed by atoms with Crippen molar-refractivity contribution in [1.82, 2.24) is 0 Å². The summed E-state index contributed by atoms with van der Waals surface area (Å²) >= 11 is 11.7. The number of aliphatic carboxylic acids is 2. The van der Waals surface area contributed by atoms with Crippen molar-refractivity contribution in [1.29, 1.82) is 0 Å². The van der Waals surface area contributed by atoms with Crippen LogP contribution in [0.5, 0.6) is 0 Å². The SMILES string of the molecule is O=C(O)CC(c1ccc(Cl)cc1)C(C(=O)O)c1ccc(Cl)cc1. The van der Waals surface area contributed by atoms with Gasteiger partial charge in [0, 0.05) is 16.0 Å². The molecule has 0 saturated heterocycles. The summed E-state index contributed by atoms with van der Waals surface area (Å²) < 4.78 is 0. The Labute approximate surface area is 143 Å². The van der Waals surface area contributed by atoms with Crippen LogP contribution in [0.2, 0.25) is 10.0 Å². The van der Waals surface area contributed by atoms with E-state index in [4.69, 9.17) is 23.2 Å². The van der Waals surface area contributed by atoms with Crippen molar-refractivity contribution in [2.45, 2.75) is 18.3 Å². The summed E-state index contributed by atoms with van der Waals surface area (Å²) in [6.07, 6.45) is -0.304. The van der Waals surface area contributed by atoms with E-state index in [1.807, 2.05) is 0 Å². The van der Waals surface area contributed by atoms with Gasteiger partial charge in [0.15, 0.2) is 0 Å². The Morgan fingerprint density at radius 1 is 0.826 bits per heavy atom. The Kier molecular flexibility index (Phi) is 5.64.